The average Bonchev–Trinajstić information content (AvgIpc) is 4.00. The fourth-order valence-electron chi connectivity index (χ4n) is 5.93. The number of hydrogen-bond donors (Lipinski definition) is 6. The number of aromatic amines is 4. The molecule has 14 nitrogen and oxygen atoms in total. The predicted molar refractivity (Wildman–Crippen MR) is 208 cm³/mol. The van der Waals surface area contributed by atoms with Crippen molar-refractivity contribution >= 4 is 61.3 Å². The van der Waals surface area contributed by atoms with Gasteiger partial charge in [0.1, 0.15) is 31.3 Å². The molecule has 2 aliphatic carbocycles. The summed E-state index contributed by atoms with van der Waals surface area (Å²) >= 11 is 2.57. The summed E-state index contributed by atoms with van der Waals surface area (Å²) in [6, 6.07) is 23.3. The van der Waals surface area contributed by atoms with E-state index in [-0.39, 0.29) is 34.9 Å². The largest absolute Gasteiger partial charge is 0.349 e. The maximum atomic E-state index is 12.4. The van der Waals surface area contributed by atoms with E-state index in [1.54, 1.807) is 12.4 Å². The van der Waals surface area contributed by atoms with Gasteiger partial charge in [-0.05, 0) is 49.9 Å². The predicted octanol–water partition coefficient (Wildman–Crippen LogP) is 6.32. The standard InChI is InChI=1S/2C19H15N5O2S/c25-17(21-11-6-7-11)14-9-20-19(27-14)16-15(18(26)24-23-16)13-8-5-10-3-1-2-4-12(10)22-13;25-17(11-5-6-11)22-14-9-20-19(27-14)16-15(18(26)24-23-16)13-8-7-10-3-1-2-4-12(10)21-13/h1-5,8-9,11H,6-7H2,(H,21,25)(H2,23,24,26);1-4,7-9,11H,5-6H2,(H,22,25)(H2,23,24,26). The van der Waals surface area contributed by atoms with Gasteiger partial charge in [0.2, 0.25) is 5.91 Å². The van der Waals surface area contributed by atoms with Gasteiger partial charge >= 0.3 is 0 Å². The van der Waals surface area contributed by atoms with Crippen LogP contribution in [0.3, 0.4) is 0 Å². The zero-order valence-corrected chi connectivity index (χ0v) is 29.9. The van der Waals surface area contributed by atoms with Gasteiger partial charge in [-0.25, -0.2) is 19.9 Å². The maximum Gasteiger partial charge on any atom is 0.274 e. The quantitative estimate of drug-likeness (QED) is 0.103. The zero-order chi connectivity index (χ0) is 36.8. The summed E-state index contributed by atoms with van der Waals surface area (Å²) in [6.07, 6.45) is 7.10. The van der Waals surface area contributed by atoms with Crippen molar-refractivity contribution in [3.8, 4) is 43.9 Å². The first-order valence-electron chi connectivity index (χ1n) is 17.3. The summed E-state index contributed by atoms with van der Waals surface area (Å²) in [5, 5.41) is 20.7. The number of para-hydroxylation sites is 2. The van der Waals surface area contributed by atoms with E-state index in [4.69, 9.17) is 0 Å². The Kier molecular flexibility index (Phi) is 8.51. The molecule has 6 heterocycles. The van der Waals surface area contributed by atoms with Crippen LogP contribution in [0.5, 0.6) is 0 Å². The fraction of sp³-hybridized carbons (Fsp3) is 0.158. The molecule has 2 amide bonds. The summed E-state index contributed by atoms with van der Waals surface area (Å²) in [5.74, 6) is 0.0358. The van der Waals surface area contributed by atoms with Crippen molar-refractivity contribution in [2.45, 2.75) is 31.7 Å². The molecule has 0 radical (unpaired) electrons. The van der Waals surface area contributed by atoms with Gasteiger partial charge < -0.3 is 10.6 Å². The van der Waals surface area contributed by atoms with Crippen LogP contribution in [0.2, 0.25) is 0 Å². The van der Waals surface area contributed by atoms with Crippen LogP contribution in [0.15, 0.2) is 94.8 Å². The minimum Gasteiger partial charge on any atom is -0.349 e. The van der Waals surface area contributed by atoms with Crippen LogP contribution in [-0.4, -0.2) is 58.2 Å². The first-order valence-corrected chi connectivity index (χ1v) is 18.9. The van der Waals surface area contributed by atoms with Gasteiger partial charge in [0, 0.05) is 22.7 Å². The minimum atomic E-state index is -0.271. The van der Waals surface area contributed by atoms with Gasteiger partial charge in [-0.1, -0.05) is 59.9 Å². The number of amides is 2. The molecular weight excluding hydrogens is 725 g/mol. The highest BCUT2D eigenvalue weighted by atomic mass is 32.1. The number of anilines is 1. The molecule has 6 N–H and O–H groups in total. The van der Waals surface area contributed by atoms with E-state index >= 15 is 0 Å². The maximum absolute atomic E-state index is 12.4. The molecule has 0 spiro atoms. The number of thiazole rings is 2. The van der Waals surface area contributed by atoms with Crippen molar-refractivity contribution in [3.05, 3.63) is 111 Å². The molecule has 54 heavy (non-hydrogen) atoms. The lowest BCUT2D eigenvalue weighted by atomic mass is 10.1. The monoisotopic (exact) mass is 754 g/mol. The molecule has 16 heteroatoms. The van der Waals surface area contributed by atoms with E-state index in [2.05, 4.69) is 51.0 Å². The smallest absolute Gasteiger partial charge is 0.274 e. The number of pyridine rings is 2. The second-order valence-corrected chi connectivity index (χ2v) is 15.1. The molecule has 0 aliphatic heterocycles. The van der Waals surface area contributed by atoms with E-state index in [9.17, 15) is 19.2 Å². The van der Waals surface area contributed by atoms with Gasteiger partial charge in [0.25, 0.3) is 17.0 Å². The Hall–Kier alpha value is -6.52. The van der Waals surface area contributed by atoms with Crippen molar-refractivity contribution in [1.29, 1.82) is 0 Å². The molecule has 0 bridgehead atoms. The molecule has 6 aromatic heterocycles. The van der Waals surface area contributed by atoms with Crippen LogP contribution in [0.4, 0.5) is 5.00 Å². The Morgan fingerprint density at radius 2 is 1.20 bits per heavy atom. The molecular formula is C38H30N10O4S2. The summed E-state index contributed by atoms with van der Waals surface area (Å²) in [7, 11) is 0. The first-order chi connectivity index (χ1) is 26.4. The van der Waals surface area contributed by atoms with Crippen LogP contribution in [0.1, 0.15) is 35.4 Å². The van der Waals surface area contributed by atoms with Gasteiger partial charge in [-0.2, -0.15) is 0 Å². The molecule has 0 atom stereocenters. The van der Waals surface area contributed by atoms with E-state index in [1.165, 1.54) is 22.7 Å². The van der Waals surface area contributed by atoms with Crippen molar-refractivity contribution in [1.82, 2.24) is 45.6 Å². The lowest BCUT2D eigenvalue weighted by Gasteiger charge is -2.02. The second kappa shape index (κ2) is 13.8. The van der Waals surface area contributed by atoms with Crippen molar-refractivity contribution in [2.24, 2.45) is 5.92 Å². The molecule has 2 aliphatic rings. The first kappa shape index (κ1) is 33.3. The van der Waals surface area contributed by atoms with Crippen LogP contribution >= 0.6 is 22.7 Å². The number of benzene rings is 2. The average molecular weight is 755 g/mol. The summed E-state index contributed by atoms with van der Waals surface area (Å²) in [5.41, 5.74) is 4.20. The van der Waals surface area contributed by atoms with E-state index < -0.39 is 0 Å². The zero-order valence-electron chi connectivity index (χ0n) is 28.3. The number of H-pyrrole nitrogens is 4. The second-order valence-electron chi connectivity index (χ2n) is 13.0. The van der Waals surface area contributed by atoms with Crippen LogP contribution in [0.25, 0.3) is 65.7 Å². The molecule has 268 valence electrons. The highest BCUT2D eigenvalue weighted by molar-refractivity contribution is 7.19. The molecule has 2 saturated carbocycles. The Morgan fingerprint density at radius 1 is 0.648 bits per heavy atom. The Balaban J connectivity index is 0.000000142. The molecule has 0 unspecified atom stereocenters. The summed E-state index contributed by atoms with van der Waals surface area (Å²) < 4.78 is 0. The Bertz CT molecular complexity index is 2820. The summed E-state index contributed by atoms with van der Waals surface area (Å²) in [6.45, 7) is 0. The number of fused-ring (bicyclic) bond motifs is 2. The highest BCUT2D eigenvalue weighted by Gasteiger charge is 2.30. The van der Waals surface area contributed by atoms with E-state index in [0.29, 0.717) is 53.8 Å². The number of rotatable bonds is 8. The minimum absolute atomic E-state index is 0.0316. The normalized spacial score (nSPS) is 13.8. The van der Waals surface area contributed by atoms with Crippen LogP contribution in [-0.2, 0) is 4.79 Å². The Morgan fingerprint density at radius 3 is 1.78 bits per heavy atom. The third-order valence-electron chi connectivity index (χ3n) is 9.04. The SMILES string of the molecule is O=C(NC1CC1)c1cnc(-c2[nH][nH]c(=O)c2-c2ccc3ccccc3n2)s1.O=C(Nc1cnc(-c2[nH][nH]c(=O)c2-c2ccc3ccccc3n2)s1)C1CC1. The fourth-order valence-corrected chi connectivity index (χ4v) is 7.58. The van der Waals surface area contributed by atoms with Crippen LogP contribution < -0.4 is 21.8 Å². The lowest BCUT2D eigenvalue weighted by Crippen LogP contribution is -2.24. The van der Waals surface area contributed by atoms with Crippen molar-refractivity contribution < 1.29 is 9.59 Å². The number of nitrogens with one attached hydrogen (secondary N) is 6. The molecule has 2 aromatic carbocycles. The van der Waals surface area contributed by atoms with Crippen molar-refractivity contribution in [2.75, 3.05) is 5.32 Å². The highest BCUT2D eigenvalue weighted by Crippen LogP contribution is 2.35. The molecule has 8 aromatic rings. The van der Waals surface area contributed by atoms with Gasteiger partial charge in [-0.3, -0.25) is 39.6 Å². The number of nitrogens with zero attached hydrogens (tertiary/aromatic N) is 4. The molecule has 10 rings (SSSR count). The Labute approximate surface area is 313 Å². The molecule has 2 fully saturated rings. The van der Waals surface area contributed by atoms with Crippen molar-refractivity contribution in [3.63, 3.8) is 0 Å². The van der Waals surface area contributed by atoms with E-state index in [1.807, 2.05) is 72.8 Å². The number of carbonyl (C=O) groups excluding carboxylic acids is 2. The third-order valence-corrected chi connectivity index (χ3v) is 11.0. The molecule has 0 saturated heterocycles. The lowest BCUT2D eigenvalue weighted by molar-refractivity contribution is -0.117. The number of carbonyl (C=O) groups is 2. The van der Waals surface area contributed by atoms with Gasteiger partial charge in [0.05, 0.1) is 45.9 Å². The summed E-state index contributed by atoms with van der Waals surface area (Å²) in [4.78, 5) is 67.4. The number of aromatic nitrogens is 8. The van der Waals surface area contributed by atoms with Gasteiger partial charge in [0.15, 0.2) is 0 Å². The van der Waals surface area contributed by atoms with Gasteiger partial charge in [-0.15, -0.1) is 11.3 Å². The van der Waals surface area contributed by atoms with Crippen LogP contribution in [0, 0.1) is 5.92 Å². The topological polar surface area (TPSA) is 207 Å². The third kappa shape index (κ3) is 6.75. The number of hydrogen-bond acceptors (Lipinski definition) is 10. The van der Waals surface area contributed by atoms with E-state index in [0.717, 1.165) is 47.5 Å².